The number of Topliss-reactive ketones (excluding diaryl/α,β-unsaturated/α-hetero) is 1. The van der Waals surface area contributed by atoms with Gasteiger partial charge in [-0.1, -0.05) is 12.5 Å². The van der Waals surface area contributed by atoms with Gasteiger partial charge < -0.3 is 30.0 Å². The molecular weight excluding hydrogens is 500 g/mol. The van der Waals surface area contributed by atoms with E-state index >= 15 is 0 Å². The lowest BCUT2D eigenvalue weighted by Crippen LogP contribution is -2.53. The molecule has 10 nitrogen and oxygen atoms in total. The van der Waals surface area contributed by atoms with E-state index in [0.29, 0.717) is 31.0 Å². The van der Waals surface area contributed by atoms with E-state index in [1.165, 1.54) is 0 Å². The molecule has 3 N–H and O–H groups in total. The molecule has 2 aliphatic carbocycles. The number of amides is 3. The van der Waals surface area contributed by atoms with Crippen LogP contribution in [0.3, 0.4) is 0 Å². The predicted molar refractivity (Wildman–Crippen MR) is 142 cm³/mol. The molecule has 3 heterocycles. The van der Waals surface area contributed by atoms with E-state index in [1.807, 2.05) is 18.2 Å². The normalized spacial score (nSPS) is 26.9. The maximum Gasteiger partial charge on any atom is 0.271 e. The monoisotopic (exact) mass is 536 g/mol. The van der Waals surface area contributed by atoms with Crippen LogP contribution in [0.1, 0.15) is 55.4 Å². The summed E-state index contributed by atoms with van der Waals surface area (Å²) in [5, 5.41) is 6.59. The standard InChI is InChI=1S/C29H36N4O6/c1-38-25-7-3-6-21-20(25)13-23(31-21)29(37)33-14-17-4-2-5-19(17)26(33)28(36)32-22(12-16-10-11-30-27(16)35)24(34)15-39-18-8-9-18/h3,6-7,13,16-19,22,26,31H,2,4-5,8-12,14-15H2,1H3,(H,30,35)(H,32,36)/t16-,17-,19-,22-,26-/m0/s1. The minimum Gasteiger partial charge on any atom is -0.496 e. The Morgan fingerprint density at radius 1 is 1.15 bits per heavy atom. The van der Waals surface area contributed by atoms with Crippen LogP contribution in [0.4, 0.5) is 0 Å². The predicted octanol–water partition coefficient (Wildman–Crippen LogP) is 2.18. The van der Waals surface area contributed by atoms with Crippen molar-refractivity contribution < 1.29 is 28.7 Å². The Kier molecular flexibility index (Phi) is 7.05. The topological polar surface area (TPSA) is 130 Å². The van der Waals surface area contributed by atoms with Gasteiger partial charge in [-0.2, -0.15) is 0 Å². The van der Waals surface area contributed by atoms with Crippen LogP contribution in [0.15, 0.2) is 24.3 Å². The Hall–Kier alpha value is -3.40. The van der Waals surface area contributed by atoms with Crippen LogP contribution < -0.4 is 15.4 Å². The fourth-order valence-corrected chi connectivity index (χ4v) is 6.64. The zero-order valence-electron chi connectivity index (χ0n) is 22.2. The molecule has 3 amide bonds. The van der Waals surface area contributed by atoms with E-state index in [2.05, 4.69) is 15.6 Å². The summed E-state index contributed by atoms with van der Waals surface area (Å²) in [6.45, 7) is 0.990. The lowest BCUT2D eigenvalue weighted by Gasteiger charge is -2.29. The molecule has 208 valence electrons. The fraction of sp³-hybridized carbons (Fsp3) is 0.586. The summed E-state index contributed by atoms with van der Waals surface area (Å²) < 4.78 is 11.1. The molecule has 0 bridgehead atoms. The first kappa shape index (κ1) is 25.9. The van der Waals surface area contributed by atoms with Crippen molar-refractivity contribution in [3.05, 3.63) is 30.0 Å². The number of nitrogens with zero attached hydrogens (tertiary/aromatic N) is 1. The van der Waals surface area contributed by atoms with Gasteiger partial charge in [0.05, 0.1) is 19.3 Å². The number of aromatic nitrogens is 1. The molecule has 2 aromatic rings. The maximum absolute atomic E-state index is 13.9. The van der Waals surface area contributed by atoms with E-state index in [4.69, 9.17) is 9.47 Å². The molecule has 6 rings (SSSR count). The van der Waals surface area contributed by atoms with Gasteiger partial charge in [-0.25, -0.2) is 0 Å². The van der Waals surface area contributed by atoms with Crippen LogP contribution in [0.5, 0.6) is 5.75 Å². The van der Waals surface area contributed by atoms with Gasteiger partial charge in [-0.05, 0) is 68.6 Å². The van der Waals surface area contributed by atoms with Gasteiger partial charge in [0, 0.05) is 29.9 Å². The number of carbonyl (C=O) groups excluding carboxylic acids is 4. The van der Waals surface area contributed by atoms with Crippen molar-refractivity contribution in [2.24, 2.45) is 17.8 Å². The maximum atomic E-state index is 13.9. The third-order valence-corrected chi connectivity index (χ3v) is 8.87. The summed E-state index contributed by atoms with van der Waals surface area (Å²) in [7, 11) is 1.59. The molecular formula is C29H36N4O6. The first-order valence-corrected chi connectivity index (χ1v) is 14.1. The molecule has 10 heteroatoms. The molecule has 5 atom stereocenters. The largest absolute Gasteiger partial charge is 0.496 e. The molecule has 2 saturated carbocycles. The molecule has 4 fully saturated rings. The van der Waals surface area contributed by atoms with Crippen LogP contribution in [-0.4, -0.2) is 78.4 Å². The number of H-pyrrole nitrogens is 1. The fourth-order valence-electron chi connectivity index (χ4n) is 6.64. The summed E-state index contributed by atoms with van der Waals surface area (Å²) in [5.41, 5.74) is 1.19. The zero-order valence-corrected chi connectivity index (χ0v) is 22.2. The number of fused-ring (bicyclic) bond motifs is 2. The molecule has 39 heavy (non-hydrogen) atoms. The quantitative estimate of drug-likeness (QED) is 0.427. The Bertz CT molecular complexity index is 1290. The van der Waals surface area contributed by atoms with Crippen molar-refractivity contribution in [2.45, 2.75) is 63.1 Å². The molecule has 0 radical (unpaired) electrons. The number of nitrogens with one attached hydrogen (secondary N) is 3. The second-order valence-corrected chi connectivity index (χ2v) is 11.4. The van der Waals surface area contributed by atoms with Gasteiger partial charge in [0.2, 0.25) is 11.8 Å². The minimum atomic E-state index is -0.833. The van der Waals surface area contributed by atoms with Gasteiger partial charge in [0.15, 0.2) is 5.78 Å². The molecule has 0 unspecified atom stereocenters. The number of ketones is 1. The molecule has 4 aliphatic rings. The summed E-state index contributed by atoms with van der Waals surface area (Å²) in [6, 6.07) is 5.86. The SMILES string of the molecule is COc1cccc2[nH]c(C(=O)N3C[C@@H]4CCC[C@@H]4[C@H]3C(=O)N[C@@H](C[C@@H]3CCNC3=O)C(=O)COC3CC3)cc12. The van der Waals surface area contributed by atoms with Gasteiger partial charge in [-0.15, -0.1) is 0 Å². The number of likely N-dealkylation sites (tertiary alicyclic amines) is 1. The number of ether oxygens (including phenoxy) is 2. The Balaban J connectivity index is 1.23. The molecule has 1 aromatic heterocycles. The number of benzene rings is 1. The van der Waals surface area contributed by atoms with E-state index in [-0.39, 0.29) is 60.4 Å². The summed E-state index contributed by atoms with van der Waals surface area (Å²) >= 11 is 0. The average Bonchev–Trinajstić information content (AvgIpc) is 3.26. The van der Waals surface area contributed by atoms with Crippen LogP contribution in [0, 0.1) is 17.8 Å². The lowest BCUT2D eigenvalue weighted by atomic mass is 9.92. The highest BCUT2D eigenvalue weighted by atomic mass is 16.5. The van der Waals surface area contributed by atoms with Gasteiger partial charge >= 0.3 is 0 Å². The Labute approximate surface area is 227 Å². The van der Waals surface area contributed by atoms with E-state index in [0.717, 1.165) is 43.0 Å². The van der Waals surface area contributed by atoms with E-state index < -0.39 is 12.1 Å². The minimum absolute atomic E-state index is 0.0427. The van der Waals surface area contributed by atoms with Gasteiger partial charge in [0.1, 0.15) is 24.1 Å². The van der Waals surface area contributed by atoms with Crippen molar-refractivity contribution in [1.82, 2.24) is 20.5 Å². The highest BCUT2D eigenvalue weighted by Crippen LogP contribution is 2.43. The number of aromatic amines is 1. The summed E-state index contributed by atoms with van der Waals surface area (Å²) in [5.74, 6) is -0.252. The first-order chi connectivity index (χ1) is 18.9. The number of hydrogen-bond donors (Lipinski definition) is 3. The lowest BCUT2D eigenvalue weighted by molar-refractivity contribution is -0.134. The van der Waals surface area contributed by atoms with Crippen LogP contribution in [0.2, 0.25) is 0 Å². The number of methoxy groups -OCH3 is 1. The second-order valence-electron chi connectivity index (χ2n) is 11.4. The van der Waals surface area contributed by atoms with Crippen LogP contribution >= 0.6 is 0 Å². The van der Waals surface area contributed by atoms with E-state index in [9.17, 15) is 19.2 Å². The second kappa shape index (κ2) is 10.6. The van der Waals surface area contributed by atoms with Gasteiger partial charge in [0.25, 0.3) is 5.91 Å². The zero-order chi connectivity index (χ0) is 27.1. The van der Waals surface area contributed by atoms with Crippen molar-refractivity contribution in [1.29, 1.82) is 0 Å². The molecule has 1 aromatic carbocycles. The van der Waals surface area contributed by atoms with E-state index in [1.54, 1.807) is 18.1 Å². The first-order valence-electron chi connectivity index (χ1n) is 14.1. The number of carbonyl (C=O) groups is 4. The van der Waals surface area contributed by atoms with Crippen molar-refractivity contribution in [3.8, 4) is 5.75 Å². The molecule has 0 spiro atoms. The highest BCUT2D eigenvalue weighted by Gasteiger charge is 2.50. The molecule has 2 aliphatic heterocycles. The van der Waals surface area contributed by atoms with Crippen molar-refractivity contribution in [3.63, 3.8) is 0 Å². The number of hydrogen-bond acceptors (Lipinski definition) is 6. The van der Waals surface area contributed by atoms with Crippen LogP contribution in [-0.2, 0) is 19.1 Å². The summed E-state index contributed by atoms with van der Waals surface area (Å²) in [4.78, 5) is 58.1. The average molecular weight is 537 g/mol. The smallest absolute Gasteiger partial charge is 0.271 e. The molecule has 2 saturated heterocycles. The Morgan fingerprint density at radius 2 is 2.00 bits per heavy atom. The van der Waals surface area contributed by atoms with Gasteiger partial charge in [-0.3, -0.25) is 19.2 Å². The van der Waals surface area contributed by atoms with Crippen molar-refractivity contribution in [2.75, 3.05) is 26.8 Å². The summed E-state index contributed by atoms with van der Waals surface area (Å²) in [6.07, 6.45) is 5.71. The third kappa shape index (κ3) is 5.14. The highest BCUT2D eigenvalue weighted by molar-refractivity contribution is 6.02. The van der Waals surface area contributed by atoms with Crippen molar-refractivity contribution >= 4 is 34.4 Å². The van der Waals surface area contributed by atoms with Crippen LogP contribution in [0.25, 0.3) is 10.9 Å². The Morgan fingerprint density at radius 3 is 2.74 bits per heavy atom. The number of rotatable bonds is 10. The third-order valence-electron chi connectivity index (χ3n) is 8.87.